The molecular weight excluding hydrogens is 412 g/mol. The summed E-state index contributed by atoms with van der Waals surface area (Å²) < 4.78 is 32.7. The molecule has 3 rings (SSSR count). The van der Waals surface area contributed by atoms with Crippen LogP contribution in [-0.4, -0.2) is 14.2 Å². The minimum absolute atomic E-state index is 0.0350. The van der Waals surface area contributed by atoms with Crippen LogP contribution in [0, 0.1) is 6.92 Å². The average molecular weight is 443 g/mol. The molecule has 0 saturated carbocycles. The van der Waals surface area contributed by atoms with Crippen molar-refractivity contribution in [3.8, 4) is 0 Å². The summed E-state index contributed by atoms with van der Waals surface area (Å²) in [6.07, 6.45) is 3.60. The summed E-state index contributed by atoms with van der Waals surface area (Å²) in [5.74, 6) is 0.0350. The molecule has 0 radical (unpaired) electrons. The van der Waals surface area contributed by atoms with Crippen LogP contribution in [-0.2, 0) is 13.7 Å². The van der Waals surface area contributed by atoms with Crippen LogP contribution in [0.3, 0.4) is 0 Å². The molecular formula is C25H30O3S2. The minimum Gasteiger partial charge on any atom is -0.207 e. The summed E-state index contributed by atoms with van der Waals surface area (Å²) in [4.78, 5) is 2.63. The summed E-state index contributed by atoms with van der Waals surface area (Å²) in [5.41, 5.74) is 1.07. The van der Waals surface area contributed by atoms with Gasteiger partial charge in [-0.25, -0.2) is 3.63 Å². The first kappa shape index (κ1) is 22.6. The van der Waals surface area contributed by atoms with Crippen molar-refractivity contribution < 1.29 is 12.0 Å². The molecule has 0 aromatic heterocycles. The van der Waals surface area contributed by atoms with Gasteiger partial charge < -0.3 is 0 Å². The molecule has 0 N–H and O–H groups in total. The topological polar surface area (TPSA) is 43.4 Å². The Labute approximate surface area is 182 Å². The molecule has 0 aliphatic heterocycles. The minimum atomic E-state index is -3.74. The van der Waals surface area contributed by atoms with Crippen molar-refractivity contribution in [3.05, 3.63) is 90.5 Å². The van der Waals surface area contributed by atoms with Crippen molar-refractivity contribution in [2.45, 2.75) is 54.2 Å². The van der Waals surface area contributed by atoms with Crippen LogP contribution in [0.25, 0.3) is 0 Å². The second kappa shape index (κ2) is 10.3. The van der Waals surface area contributed by atoms with Gasteiger partial charge in [0.25, 0.3) is 10.1 Å². The van der Waals surface area contributed by atoms with E-state index in [2.05, 4.69) is 6.92 Å². The van der Waals surface area contributed by atoms with Crippen molar-refractivity contribution in [1.82, 2.24) is 0 Å². The number of aryl methyl sites for hydroxylation is 1. The van der Waals surface area contributed by atoms with Gasteiger partial charge >= 0.3 is 0 Å². The quantitative estimate of drug-likeness (QED) is 0.314. The van der Waals surface area contributed by atoms with E-state index in [4.69, 9.17) is 3.63 Å². The van der Waals surface area contributed by atoms with Crippen LogP contribution >= 0.6 is 10.3 Å². The predicted molar refractivity (Wildman–Crippen MR) is 125 cm³/mol. The van der Waals surface area contributed by atoms with Gasteiger partial charge in [0.05, 0.1) is 5.75 Å². The largest absolute Gasteiger partial charge is 0.277 e. The second-order valence-corrected chi connectivity index (χ2v) is 12.0. The van der Waals surface area contributed by atoms with Crippen LogP contribution < -0.4 is 0 Å². The molecule has 160 valence electrons. The lowest BCUT2D eigenvalue weighted by Gasteiger charge is -2.39. The van der Waals surface area contributed by atoms with E-state index < -0.39 is 20.4 Å². The van der Waals surface area contributed by atoms with Gasteiger partial charge in [0.2, 0.25) is 0 Å². The Hall–Kier alpha value is -2.08. The zero-order chi connectivity index (χ0) is 21.5. The Bertz CT molecular complexity index is 993. The molecule has 3 nitrogen and oxygen atoms in total. The van der Waals surface area contributed by atoms with E-state index in [9.17, 15) is 8.42 Å². The molecule has 0 spiro atoms. The fraction of sp³-hybridized carbons (Fsp3) is 0.280. The second-order valence-electron chi connectivity index (χ2n) is 7.39. The number of hydrogen-bond acceptors (Lipinski definition) is 3. The first-order valence-electron chi connectivity index (χ1n) is 10.4. The Kier molecular flexibility index (Phi) is 7.75. The van der Waals surface area contributed by atoms with Crippen molar-refractivity contribution in [2.75, 3.05) is 5.75 Å². The highest BCUT2D eigenvalue weighted by molar-refractivity contribution is 8.33. The highest BCUT2D eigenvalue weighted by Gasteiger charge is 2.37. The first-order valence-corrected chi connectivity index (χ1v) is 13.6. The van der Waals surface area contributed by atoms with Crippen LogP contribution in [0.4, 0.5) is 0 Å². The van der Waals surface area contributed by atoms with Crippen LogP contribution in [0.15, 0.2) is 99.6 Å². The lowest BCUT2D eigenvalue weighted by molar-refractivity contribution is 0.503. The van der Waals surface area contributed by atoms with E-state index in [1.165, 1.54) is 0 Å². The van der Waals surface area contributed by atoms with Gasteiger partial charge in [0, 0.05) is 14.7 Å². The zero-order valence-corrected chi connectivity index (χ0v) is 19.3. The standard InChI is InChI=1S/C25H30O3S2/c1-3-4-5-12-20-29(26,27)28-30(23-15-8-6-9-16-23,24-17-10-7-11-18-24)25-19-13-14-22(2)21-25/h6-11,13-19,21H,3-5,12,20H2,1-2H3. The molecule has 0 atom stereocenters. The third-order valence-corrected chi connectivity index (χ3v) is 10.1. The van der Waals surface area contributed by atoms with Crippen molar-refractivity contribution in [1.29, 1.82) is 0 Å². The summed E-state index contributed by atoms with van der Waals surface area (Å²) in [7, 11) is -6.18. The number of rotatable bonds is 10. The van der Waals surface area contributed by atoms with Gasteiger partial charge in [0.15, 0.2) is 0 Å². The monoisotopic (exact) mass is 442 g/mol. The maximum absolute atomic E-state index is 13.2. The lowest BCUT2D eigenvalue weighted by Crippen LogP contribution is -2.17. The Morgan fingerprint density at radius 3 is 1.80 bits per heavy atom. The molecule has 0 bridgehead atoms. The molecule has 0 amide bonds. The molecule has 0 heterocycles. The molecule has 3 aromatic carbocycles. The zero-order valence-electron chi connectivity index (χ0n) is 17.7. The van der Waals surface area contributed by atoms with Gasteiger partial charge in [-0.3, -0.25) is 0 Å². The Morgan fingerprint density at radius 2 is 1.27 bits per heavy atom. The average Bonchev–Trinajstić information content (AvgIpc) is 2.76. The molecule has 0 saturated heterocycles. The summed E-state index contributed by atoms with van der Waals surface area (Å²) in [6.45, 7) is 4.13. The number of hydrogen-bond donors (Lipinski definition) is 0. The van der Waals surface area contributed by atoms with E-state index in [-0.39, 0.29) is 5.75 Å². The molecule has 0 fully saturated rings. The smallest absolute Gasteiger partial charge is 0.207 e. The Balaban J connectivity index is 2.16. The van der Waals surface area contributed by atoms with E-state index >= 15 is 0 Å². The predicted octanol–water partition coefficient (Wildman–Crippen LogP) is 7.12. The normalized spacial score (nSPS) is 12.6. The molecule has 0 aliphatic carbocycles. The maximum Gasteiger partial charge on any atom is 0.277 e. The fourth-order valence-electron chi connectivity index (χ4n) is 3.44. The van der Waals surface area contributed by atoms with Crippen LogP contribution in [0.2, 0.25) is 0 Å². The highest BCUT2D eigenvalue weighted by atomic mass is 32.3. The van der Waals surface area contributed by atoms with Gasteiger partial charge in [0.1, 0.15) is 0 Å². The van der Waals surface area contributed by atoms with Gasteiger partial charge in [-0.1, -0.05) is 74.7 Å². The van der Waals surface area contributed by atoms with Crippen LogP contribution in [0.5, 0.6) is 0 Å². The maximum atomic E-state index is 13.2. The molecule has 30 heavy (non-hydrogen) atoms. The van der Waals surface area contributed by atoms with Crippen molar-refractivity contribution in [3.63, 3.8) is 0 Å². The summed E-state index contributed by atoms with van der Waals surface area (Å²) >= 11 is 0. The van der Waals surface area contributed by atoms with E-state index in [1.807, 2.05) is 91.9 Å². The fourth-order valence-corrected chi connectivity index (χ4v) is 8.98. The van der Waals surface area contributed by atoms with Crippen molar-refractivity contribution >= 4 is 20.4 Å². The van der Waals surface area contributed by atoms with Crippen LogP contribution in [0.1, 0.15) is 38.2 Å². The molecule has 0 aliphatic rings. The third kappa shape index (κ3) is 5.34. The van der Waals surface area contributed by atoms with E-state index in [0.29, 0.717) is 6.42 Å². The van der Waals surface area contributed by atoms with E-state index in [0.717, 1.165) is 39.5 Å². The van der Waals surface area contributed by atoms with E-state index in [1.54, 1.807) is 0 Å². The summed E-state index contributed by atoms with van der Waals surface area (Å²) in [6, 6.07) is 27.5. The first-order chi connectivity index (χ1) is 14.5. The third-order valence-electron chi connectivity index (χ3n) is 4.93. The Morgan fingerprint density at radius 1 is 0.700 bits per heavy atom. The number of benzene rings is 3. The SMILES string of the molecule is CCCCCCS(=O)(=O)OS(c1ccccc1)(c1ccccc1)c1cccc(C)c1. The van der Waals surface area contributed by atoms with Crippen molar-refractivity contribution in [2.24, 2.45) is 0 Å². The molecule has 5 heteroatoms. The van der Waals surface area contributed by atoms with Gasteiger partial charge in [-0.2, -0.15) is 8.42 Å². The van der Waals surface area contributed by atoms with Gasteiger partial charge in [-0.15, -0.1) is 0 Å². The number of unbranched alkanes of at least 4 members (excludes halogenated alkanes) is 3. The molecule has 0 unspecified atom stereocenters. The van der Waals surface area contributed by atoms with Gasteiger partial charge in [-0.05, 0) is 65.6 Å². The summed E-state index contributed by atoms with van der Waals surface area (Å²) in [5, 5.41) is 0. The lowest BCUT2D eigenvalue weighted by atomic mass is 10.2. The molecule has 3 aromatic rings. The highest BCUT2D eigenvalue weighted by Crippen LogP contribution is 2.69.